The maximum absolute atomic E-state index is 14.4. The number of ether oxygens (including phenoxy) is 6. The van der Waals surface area contributed by atoms with E-state index in [9.17, 15) is 39.1 Å². The highest BCUT2D eigenvalue weighted by molar-refractivity contribution is 7.52. The summed E-state index contributed by atoms with van der Waals surface area (Å²) in [5, 5.41) is 59.8. The molecule has 4 aromatic carbocycles. The molecule has 8 aromatic rings. The van der Waals surface area contributed by atoms with E-state index in [0.717, 1.165) is 36.5 Å². The Labute approximate surface area is 552 Å². The molecule has 8 N–H and O–H groups in total. The van der Waals surface area contributed by atoms with Gasteiger partial charge in [0, 0.05) is 24.9 Å². The van der Waals surface area contributed by atoms with E-state index in [1.807, 2.05) is 66.7 Å². The van der Waals surface area contributed by atoms with Gasteiger partial charge in [-0.15, -0.1) is 0 Å². The predicted molar refractivity (Wildman–Crippen MR) is 351 cm³/mol. The number of allylic oxidation sites excluding steroid dienone is 1. The third-order valence-corrected chi connectivity index (χ3v) is 19.9. The average molecular weight is 1370 g/mol. The monoisotopic (exact) mass is 1370 g/mol. The number of esters is 2. The number of nitrogens with one attached hydrogen (secondary N) is 4. The molecule has 2 saturated heterocycles. The number of hydrogen-bond donors (Lipinski definition) is 8. The first-order chi connectivity index (χ1) is 46.2. The summed E-state index contributed by atoms with van der Waals surface area (Å²) < 4.78 is 90.7. The number of rotatable bonds is 6. The Morgan fingerprint density at radius 3 is 1.45 bits per heavy atom. The summed E-state index contributed by atoms with van der Waals surface area (Å²) in [6, 6.07) is 23.1. The predicted octanol–water partition coefficient (Wildman–Crippen LogP) is 7.97. The van der Waals surface area contributed by atoms with Crippen molar-refractivity contribution in [3.8, 4) is 23.3 Å². The molecule has 0 amide bonds. The lowest BCUT2D eigenvalue weighted by molar-refractivity contribution is -0.146. The van der Waals surface area contributed by atoms with Crippen molar-refractivity contribution in [3.05, 3.63) is 110 Å². The zero-order chi connectivity index (χ0) is 67.8. The summed E-state index contributed by atoms with van der Waals surface area (Å²) in [4.78, 5) is 52.6. The summed E-state index contributed by atoms with van der Waals surface area (Å²) in [5.74, 6) is 0.257. The number of aromatic nitrogens is 8. The number of nitrogens with zero attached hydrogens (tertiary/aromatic N) is 8. The molecule has 12 atom stereocenters. The zero-order valence-corrected chi connectivity index (χ0v) is 55.7. The van der Waals surface area contributed by atoms with Gasteiger partial charge in [-0.05, 0) is 82.7 Å². The van der Waals surface area contributed by atoms with E-state index in [1.165, 1.54) is 49.5 Å². The standard InChI is InChI=1S/C32H41N6O9P.C32H39N6O9P/c2*1-20-29(40)44-17-10-6-4-5-9-16-43-28-25-27(35-31(33-3)36-28)38(19-34-25)30-32(2,41)26(39)24(46-30)18-45-48(42,37-20)47-23-15-11-13-21-12-7-8-14-22(21)23/h7-8,11-15,19-20,24,26,30,39,41H,4-6,9-10,16-18H2,1-3H3,(H,37,42)(H,33,35,36);4-5,7-8,11-15,19-20,24,26,30,39,41H,6,9-10,16-18H2,1-3H3,(H,37,42)(H,33,35,36)/t2*20-,24?,26+,30?,32+,48?/m00/s1. The van der Waals surface area contributed by atoms with Gasteiger partial charge in [0.2, 0.25) is 23.7 Å². The number of fused-ring (bicyclic) bond motifs is 8. The lowest BCUT2D eigenvalue weighted by Crippen LogP contribution is -2.44. The number of carbonyl (C=O) groups is 2. The van der Waals surface area contributed by atoms with Crippen LogP contribution in [0.3, 0.4) is 0 Å². The molecule has 4 aliphatic heterocycles. The van der Waals surface area contributed by atoms with Crippen molar-refractivity contribution in [1.82, 2.24) is 49.2 Å². The van der Waals surface area contributed by atoms with E-state index in [4.69, 9.17) is 46.5 Å². The van der Waals surface area contributed by atoms with Crippen LogP contribution in [0.2, 0.25) is 0 Å². The van der Waals surface area contributed by atoms with Gasteiger partial charge in [-0.3, -0.25) is 27.8 Å². The highest BCUT2D eigenvalue weighted by Crippen LogP contribution is 2.51. The SMILES string of the molecule is CNc1nc2c3ncn(c3n1)C1OC(COP(=O)(Oc3cccc4ccccc34)N[C@@H](C)C(=O)OCCCC=CCCO2)[C@@H](O)[C@@]1(C)O.CNc1nc2c3ncn(c3n1)C1OC(COP(=O)(Oc3cccc4ccccc34)N[C@@H](C)C(=O)OCCCCCCCO2)[C@@H](O)[C@@]1(C)O. The fraction of sp³-hybridized carbons (Fsp3) is 0.469. The van der Waals surface area contributed by atoms with Crippen LogP contribution in [0.1, 0.15) is 91.5 Å². The number of imidazole rings is 2. The Balaban J connectivity index is 0.000000195. The quantitative estimate of drug-likeness (QED) is 0.0444. The van der Waals surface area contributed by atoms with Crippen molar-refractivity contribution in [1.29, 1.82) is 0 Å². The number of carbonyl (C=O) groups excluding carboxylic acids is 2. The van der Waals surface area contributed by atoms with Crippen molar-refractivity contribution < 1.29 is 85.7 Å². The molecule has 6 unspecified atom stereocenters. The van der Waals surface area contributed by atoms with Crippen LogP contribution in [-0.4, -0.2) is 173 Å². The molecule has 96 heavy (non-hydrogen) atoms. The Kier molecular flexibility index (Phi) is 21.8. The van der Waals surface area contributed by atoms with E-state index < -0.39 is 101 Å². The zero-order valence-electron chi connectivity index (χ0n) is 53.9. The molecule has 12 bridgehead atoms. The minimum Gasteiger partial charge on any atom is -0.476 e. The van der Waals surface area contributed by atoms with Gasteiger partial charge in [-0.1, -0.05) is 104 Å². The van der Waals surface area contributed by atoms with Crippen LogP contribution in [0.5, 0.6) is 23.3 Å². The van der Waals surface area contributed by atoms with Crippen molar-refractivity contribution in [3.63, 3.8) is 0 Å². The second-order valence-corrected chi connectivity index (χ2v) is 27.3. The number of hydrogen-bond acceptors (Lipinski definition) is 26. The number of cyclic esters (lactones) is 2. The second-order valence-electron chi connectivity index (χ2n) is 23.9. The minimum atomic E-state index is -4.36. The van der Waals surface area contributed by atoms with Crippen LogP contribution >= 0.6 is 15.5 Å². The first-order valence-electron chi connectivity index (χ1n) is 31.8. The molecule has 30 nitrogen and oxygen atoms in total. The molecule has 2 fully saturated rings. The van der Waals surface area contributed by atoms with Gasteiger partial charge in [0.25, 0.3) is 0 Å². The molecule has 0 spiro atoms. The van der Waals surface area contributed by atoms with Gasteiger partial charge >= 0.3 is 27.4 Å². The number of benzene rings is 4. The number of aliphatic hydroxyl groups is 4. The molecule has 0 radical (unpaired) electrons. The van der Waals surface area contributed by atoms with Gasteiger partial charge in [0.15, 0.2) is 34.8 Å². The molecular formula is C64H80N12O18P2. The number of aliphatic hydroxyl groups excluding tert-OH is 2. The largest absolute Gasteiger partial charge is 0.476 e. The maximum atomic E-state index is 14.4. The van der Waals surface area contributed by atoms with Crippen molar-refractivity contribution in [2.45, 2.75) is 139 Å². The Bertz CT molecular complexity index is 4170. The summed E-state index contributed by atoms with van der Waals surface area (Å²) >= 11 is 0. The first kappa shape index (κ1) is 69.4. The van der Waals surface area contributed by atoms with Crippen LogP contribution < -0.4 is 39.3 Å². The molecule has 4 aromatic heterocycles. The van der Waals surface area contributed by atoms with E-state index in [2.05, 4.69) is 50.7 Å². The summed E-state index contributed by atoms with van der Waals surface area (Å²) in [6.07, 6.45) is 4.89. The lowest BCUT2D eigenvalue weighted by atomic mass is 9.96. The van der Waals surface area contributed by atoms with Crippen LogP contribution in [0.25, 0.3) is 43.9 Å². The molecule has 12 rings (SSSR count). The van der Waals surface area contributed by atoms with Crippen LogP contribution in [0, 0.1) is 0 Å². The van der Waals surface area contributed by atoms with Gasteiger partial charge < -0.3 is 68.5 Å². The van der Waals surface area contributed by atoms with Crippen molar-refractivity contribution in [2.24, 2.45) is 0 Å². The Hall–Kier alpha value is -7.96. The van der Waals surface area contributed by atoms with E-state index >= 15 is 0 Å². The first-order valence-corrected chi connectivity index (χ1v) is 34.9. The summed E-state index contributed by atoms with van der Waals surface area (Å²) in [7, 11) is -5.37. The van der Waals surface area contributed by atoms with Crippen LogP contribution in [0.4, 0.5) is 11.9 Å². The third kappa shape index (κ3) is 15.5. The topological polar surface area (TPSA) is 377 Å². The molecule has 8 heterocycles. The second kappa shape index (κ2) is 30.2. The smallest absolute Gasteiger partial charge is 0.459 e. The average Bonchev–Trinajstić information content (AvgIpc) is 1.59. The highest BCUT2D eigenvalue weighted by atomic mass is 31.2. The van der Waals surface area contributed by atoms with Gasteiger partial charge in [0.1, 0.15) is 59.2 Å². The molecular weight excluding hydrogens is 1290 g/mol. The molecule has 0 saturated carbocycles. The summed E-state index contributed by atoms with van der Waals surface area (Å²) in [5.41, 5.74) is -2.45. The Morgan fingerprint density at radius 2 is 0.969 bits per heavy atom. The van der Waals surface area contributed by atoms with Crippen LogP contribution in [0.15, 0.2) is 110 Å². The highest BCUT2D eigenvalue weighted by Gasteiger charge is 2.56. The summed E-state index contributed by atoms with van der Waals surface area (Å²) in [6.45, 7) is 5.90. The minimum absolute atomic E-state index is 0.147. The molecule has 4 aliphatic rings. The molecule has 514 valence electrons. The van der Waals surface area contributed by atoms with Gasteiger partial charge in [-0.2, -0.15) is 30.1 Å². The lowest BCUT2D eigenvalue weighted by Gasteiger charge is -2.27. The fourth-order valence-corrected chi connectivity index (χ4v) is 14.4. The van der Waals surface area contributed by atoms with Crippen molar-refractivity contribution >= 4 is 83.2 Å². The van der Waals surface area contributed by atoms with E-state index in [1.54, 1.807) is 44.4 Å². The maximum Gasteiger partial charge on any atom is 0.459 e. The van der Waals surface area contributed by atoms with E-state index in [0.29, 0.717) is 72.0 Å². The third-order valence-electron chi connectivity index (χ3n) is 16.6. The van der Waals surface area contributed by atoms with Crippen LogP contribution in [-0.2, 0) is 46.7 Å². The van der Waals surface area contributed by atoms with Gasteiger partial charge in [0.05, 0.1) is 52.3 Å². The number of anilines is 2. The van der Waals surface area contributed by atoms with Gasteiger partial charge in [-0.25, -0.2) is 19.1 Å². The normalized spacial score (nSPS) is 29.3. The molecule has 0 aliphatic carbocycles. The molecule has 32 heteroatoms. The van der Waals surface area contributed by atoms with Crippen molar-refractivity contribution in [2.75, 3.05) is 64.4 Å². The fourth-order valence-electron chi connectivity index (χ4n) is 11.4. The Morgan fingerprint density at radius 1 is 0.552 bits per heavy atom. The van der Waals surface area contributed by atoms with E-state index in [-0.39, 0.29) is 48.4 Å².